The Hall–Kier alpha value is -1.85. The van der Waals surface area contributed by atoms with Crippen LogP contribution >= 0.6 is 12.4 Å². The number of nitrogens with two attached hydrogens (primary N) is 1. The Labute approximate surface area is 123 Å². The molecule has 0 fully saturated rings. The summed E-state index contributed by atoms with van der Waals surface area (Å²) < 4.78 is 10.2. The van der Waals surface area contributed by atoms with Gasteiger partial charge in [-0.1, -0.05) is 0 Å². The minimum Gasteiger partial charge on any atom is -0.497 e. The molecule has 0 unspecified atom stereocenters. The summed E-state index contributed by atoms with van der Waals surface area (Å²) in [6.07, 6.45) is 1.50. The van der Waals surface area contributed by atoms with E-state index in [0.717, 1.165) is 16.5 Å². The predicted octanol–water partition coefficient (Wildman–Crippen LogP) is 2.30. The molecule has 0 aliphatic heterocycles. The van der Waals surface area contributed by atoms with Crippen molar-refractivity contribution in [2.24, 2.45) is 5.73 Å². The Kier molecular flexibility index (Phi) is 5.73. The number of rotatable bonds is 4. The van der Waals surface area contributed by atoms with Crippen molar-refractivity contribution in [3.63, 3.8) is 0 Å². The van der Waals surface area contributed by atoms with Crippen LogP contribution < -0.4 is 10.5 Å². The number of fused-ring (bicyclic) bond motifs is 1. The van der Waals surface area contributed by atoms with Crippen LogP contribution in [-0.4, -0.2) is 24.7 Å². The van der Waals surface area contributed by atoms with Gasteiger partial charge >= 0.3 is 5.97 Å². The molecular weight excluding hydrogens is 280 g/mol. The molecular formula is C14H17ClN2O3. The first-order chi connectivity index (χ1) is 9.21. The summed E-state index contributed by atoms with van der Waals surface area (Å²) in [5.74, 6) is 0.282. The molecule has 108 valence electrons. The largest absolute Gasteiger partial charge is 0.497 e. The van der Waals surface area contributed by atoms with Crippen LogP contribution in [0.15, 0.2) is 24.4 Å². The van der Waals surface area contributed by atoms with E-state index >= 15 is 0 Å². The van der Waals surface area contributed by atoms with Crippen LogP contribution in [0, 0.1) is 0 Å². The first-order valence-corrected chi connectivity index (χ1v) is 6.04. The van der Waals surface area contributed by atoms with Gasteiger partial charge in [-0.15, -0.1) is 12.4 Å². The Balaban J connectivity index is 0.00000200. The number of esters is 1. The van der Waals surface area contributed by atoms with Crippen LogP contribution in [0.25, 0.3) is 10.8 Å². The van der Waals surface area contributed by atoms with Gasteiger partial charge in [-0.05, 0) is 25.1 Å². The first-order valence-electron chi connectivity index (χ1n) is 6.04. The zero-order valence-electron chi connectivity index (χ0n) is 11.4. The second-order valence-corrected chi connectivity index (χ2v) is 3.95. The lowest BCUT2D eigenvalue weighted by Crippen LogP contribution is -2.09. The average molecular weight is 297 g/mol. The lowest BCUT2D eigenvalue weighted by molar-refractivity contribution is 0.0528. The number of hydrogen-bond donors (Lipinski definition) is 1. The smallest absolute Gasteiger partial charge is 0.340 e. The molecule has 2 N–H and O–H groups in total. The third-order valence-corrected chi connectivity index (χ3v) is 2.87. The van der Waals surface area contributed by atoms with Gasteiger partial charge in [0.2, 0.25) is 0 Å². The maximum absolute atomic E-state index is 11.9. The van der Waals surface area contributed by atoms with Crippen LogP contribution in [0.1, 0.15) is 23.0 Å². The van der Waals surface area contributed by atoms with Crippen molar-refractivity contribution in [2.45, 2.75) is 13.5 Å². The number of methoxy groups -OCH3 is 1. The molecule has 20 heavy (non-hydrogen) atoms. The van der Waals surface area contributed by atoms with Crippen molar-refractivity contribution in [1.82, 2.24) is 4.98 Å². The molecule has 5 nitrogen and oxygen atoms in total. The Bertz CT molecular complexity index is 617. The summed E-state index contributed by atoms with van der Waals surface area (Å²) in [5.41, 5.74) is 6.83. The number of ether oxygens (including phenoxy) is 2. The monoisotopic (exact) mass is 296 g/mol. The summed E-state index contributed by atoms with van der Waals surface area (Å²) in [5, 5.41) is 1.59. The molecule has 6 heteroatoms. The van der Waals surface area contributed by atoms with Crippen LogP contribution in [0.2, 0.25) is 0 Å². The fraction of sp³-hybridized carbons (Fsp3) is 0.286. The molecule has 0 aliphatic carbocycles. The van der Waals surface area contributed by atoms with E-state index in [9.17, 15) is 4.79 Å². The van der Waals surface area contributed by atoms with Gasteiger partial charge in [-0.25, -0.2) is 4.79 Å². The van der Waals surface area contributed by atoms with Crippen molar-refractivity contribution < 1.29 is 14.3 Å². The standard InChI is InChI=1S/C14H16N2O3.ClH/c1-3-19-14(17)12-8-16-13(7-15)10-5-4-9(18-2)6-11(10)12;/h4-6,8H,3,7,15H2,1-2H3;1H. The zero-order valence-corrected chi connectivity index (χ0v) is 12.2. The van der Waals surface area contributed by atoms with Gasteiger partial charge in [-0.3, -0.25) is 4.98 Å². The number of hydrogen-bond acceptors (Lipinski definition) is 5. The van der Waals surface area contributed by atoms with E-state index in [1.54, 1.807) is 20.1 Å². The number of carbonyl (C=O) groups is 1. The van der Waals surface area contributed by atoms with E-state index in [1.807, 2.05) is 12.1 Å². The molecule has 0 amide bonds. The summed E-state index contributed by atoms with van der Waals surface area (Å²) in [6, 6.07) is 5.46. The highest BCUT2D eigenvalue weighted by molar-refractivity contribution is 6.05. The number of aromatic nitrogens is 1. The predicted molar refractivity (Wildman–Crippen MR) is 79.4 cm³/mol. The maximum Gasteiger partial charge on any atom is 0.340 e. The van der Waals surface area contributed by atoms with Crippen molar-refractivity contribution >= 4 is 29.1 Å². The van der Waals surface area contributed by atoms with Gasteiger partial charge < -0.3 is 15.2 Å². The highest BCUT2D eigenvalue weighted by Gasteiger charge is 2.14. The minimum atomic E-state index is -0.392. The Morgan fingerprint density at radius 3 is 2.70 bits per heavy atom. The van der Waals surface area contributed by atoms with E-state index in [2.05, 4.69) is 4.98 Å². The molecule has 1 aromatic carbocycles. The van der Waals surface area contributed by atoms with Crippen molar-refractivity contribution in [2.75, 3.05) is 13.7 Å². The van der Waals surface area contributed by atoms with Gasteiger partial charge in [-0.2, -0.15) is 0 Å². The molecule has 0 bridgehead atoms. The average Bonchev–Trinajstić information content (AvgIpc) is 2.45. The maximum atomic E-state index is 11.9. The summed E-state index contributed by atoms with van der Waals surface area (Å²) in [6.45, 7) is 2.40. The molecule has 0 spiro atoms. The quantitative estimate of drug-likeness (QED) is 0.876. The molecule has 0 aliphatic rings. The molecule has 0 radical (unpaired) electrons. The SMILES string of the molecule is CCOC(=O)c1cnc(CN)c2ccc(OC)cc12.Cl. The third-order valence-electron chi connectivity index (χ3n) is 2.87. The second-order valence-electron chi connectivity index (χ2n) is 3.95. The number of halogens is 1. The normalized spacial score (nSPS) is 9.95. The molecule has 2 rings (SSSR count). The van der Waals surface area contributed by atoms with E-state index in [4.69, 9.17) is 15.2 Å². The van der Waals surface area contributed by atoms with Gasteiger partial charge in [0.15, 0.2) is 0 Å². The van der Waals surface area contributed by atoms with Gasteiger partial charge in [0.05, 0.1) is 25.0 Å². The summed E-state index contributed by atoms with van der Waals surface area (Å²) >= 11 is 0. The number of nitrogens with zero attached hydrogens (tertiary/aromatic N) is 1. The van der Waals surface area contributed by atoms with Crippen molar-refractivity contribution in [3.05, 3.63) is 35.7 Å². The number of pyridine rings is 1. The van der Waals surface area contributed by atoms with E-state index in [1.165, 1.54) is 6.20 Å². The topological polar surface area (TPSA) is 74.4 Å². The molecule has 0 atom stereocenters. The van der Waals surface area contributed by atoms with Crippen LogP contribution in [0.4, 0.5) is 0 Å². The number of carbonyl (C=O) groups excluding carboxylic acids is 1. The lowest BCUT2D eigenvalue weighted by Gasteiger charge is -2.10. The molecule has 1 aromatic heterocycles. The first kappa shape index (κ1) is 16.2. The Morgan fingerprint density at radius 1 is 1.35 bits per heavy atom. The fourth-order valence-electron chi connectivity index (χ4n) is 1.94. The molecule has 0 saturated carbocycles. The summed E-state index contributed by atoms with van der Waals surface area (Å²) in [4.78, 5) is 16.1. The van der Waals surface area contributed by atoms with Gasteiger partial charge in [0.25, 0.3) is 0 Å². The van der Waals surface area contributed by atoms with Crippen LogP contribution in [0.3, 0.4) is 0 Å². The van der Waals surface area contributed by atoms with Gasteiger partial charge in [0, 0.05) is 23.5 Å². The number of benzene rings is 1. The van der Waals surface area contributed by atoms with E-state index in [0.29, 0.717) is 24.5 Å². The Morgan fingerprint density at radius 2 is 2.10 bits per heavy atom. The van der Waals surface area contributed by atoms with Gasteiger partial charge in [0.1, 0.15) is 5.75 Å². The molecule has 1 heterocycles. The zero-order chi connectivity index (χ0) is 13.8. The highest BCUT2D eigenvalue weighted by Crippen LogP contribution is 2.26. The lowest BCUT2D eigenvalue weighted by atomic mass is 10.0. The molecule has 2 aromatic rings. The third kappa shape index (κ3) is 3.00. The van der Waals surface area contributed by atoms with Crippen LogP contribution in [-0.2, 0) is 11.3 Å². The van der Waals surface area contributed by atoms with E-state index in [-0.39, 0.29) is 12.4 Å². The summed E-state index contributed by atoms with van der Waals surface area (Å²) in [7, 11) is 1.58. The van der Waals surface area contributed by atoms with Crippen molar-refractivity contribution in [1.29, 1.82) is 0 Å². The van der Waals surface area contributed by atoms with E-state index < -0.39 is 5.97 Å². The minimum absolute atomic E-state index is 0. The highest BCUT2D eigenvalue weighted by atomic mass is 35.5. The van der Waals surface area contributed by atoms with Crippen molar-refractivity contribution in [3.8, 4) is 5.75 Å². The van der Waals surface area contributed by atoms with Crippen LogP contribution in [0.5, 0.6) is 5.75 Å². The molecule has 0 saturated heterocycles. The second kappa shape index (κ2) is 7.07. The fourth-order valence-corrected chi connectivity index (χ4v) is 1.94.